The molecule has 0 atom stereocenters. The van der Waals surface area contributed by atoms with E-state index in [0.717, 1.165) is 19.1 Å². The van der Waals surface area contributed by atoms with Gasteiger partial charge in [0.1, 0.15) is 0 Å². The van der Waals surface area contributed by atoms with Gasteiger partial charge in [-0.3, -0.25) is 0 Å². The molecule has 0 aromatic carbocycles. The van der Waals surface area contributed by atoms with Crippen LogP contribution in [0.25, 0.3) is 0 Å². The van der Waals surface area contributed by atoms with Gasteiger partial charge < -0.3 is 10.5 Å². The molecule has 0 unspecified atom stereocenters. The van der Waals surface area contributed by atoms with Crippen LogP contribution < -0.4 is 5.73 Å². The molecule has 0 aliphatic heterocycles. The first kappa shape index (κ1) is 14.9. The van der Waals surface area contributed by atoms with Crippen LogP contribution in [-0.4, -0.2) is 19.8 Å². The van der Waals surface area contributed by atoms with Gasteiger partial charge in [-0.1, -0.05) is 41.5 Å². The SMILES string of the molecule is CC(C)CC(C)(C)COCC(C)(C)CN. The summed E-state index contributed by atoms with van der Waals surface area (Å²) in [6, 6.07) is 0. The summed E-state index contributed by atoms with van der Waals surface area (Å²) >= 11 is 0. The highest BCUT2D eigenvalue weighted by Crippen LogP contribution is 2.26. The van der Waals surface area contributed by atoms with E-state index in [1.54, 1.807) is 0 Å². The highest BCUT2D eigenvalue weighted by atomic mass is 16.5. The van der Waals surface area contributed by atoms with Crippen molar-refractivity contribution >= 4 is 0 Å². The zero-order valence-electron chi connectivity index (χ0n) is 11.4. The predicted molar refractivity (Wildman–Crippen MR) is 66.9 cm³/mol. The number of hydrogen-bond donors (Lipinski definition) is 1. The number of rotatable bonds is 7. The van der Waals surface area contributed by atoms with E-state index in [4.69, 9.17) is 10.5 Å². The van der Waals surface area contributed by atoms with Crippen LogP contribution in [0.15, 0.2) is 0 Å². The second-order valence-corrected chi connectivity index (χ2v) is 6.62. The molecule has 0 fully saturated rings. The highest BCUT2D eigenvalue weighted by molar-refractivity contribution is 4.72. The van der Waals surface area contributed by atoms with Gasteiger partial charge in [0.15, 0.2) is 0 Å². The fourth-order valence-electron chi connectivity index (χ4n) is 1.83. The van der Waals surface area contributed by atoms with E-state index in [0.29, 0.717) is 6.54 Å². The van der Waals surface area contributed by atoms with Crippen molar-refractivity contribution < 1.29 is 4.74 Å². The summed E-state index contributed by atoms with van der Waals surface area (Å²) in [5.74, 6) is 0.728. The zero-order valence-corrected chi connectivity index (χ0v) is 11.4. The third-order valence-electron chi connectivity index (χ3n) is 2.50. The third kappa shape index (κ3) is 7.80. The largest absolute Gasteiger partial charge is 0.380 e. The van der Waals surface area contributed by atoms with Crippen LogP contribution in [-0.2, 0) is 4.74 Å². The molecule has 0 heterocycles. The summed E-state index contributed by atoms with van der Waals surface area (Å²) in [7, 11) is 0. The van der Waals surface area contributed by atoms with Gasteiger partial charge in [0, 0.05) is 5.41 Å². The summed E-state index contributed by atoms with van der Waals surface area (Å²) < 4.78 is 5.78. The molecule has 0 spiro atoms. The van der Waals surface area contributed by atoms with Crippen LogP contribution in [0.2, 0.25) is 0 Å². The lowest BCUT2D eigenvalue weighted by atomic mass is 9.85. The maximum absolute atomic E-state index is 5.78. The smallest absolute Gasteiger partial charge is 0.0529 e. The molecule has 15 heavy (non-hydrogen) atoms. The summed E-state index contributed by atoms with van der Waals surface area (Å²) in [4.78, 5) is 0. The molecule has 0 aromatic heterocycles. The van der Waals surface area contributed by atoms with E-state index in [2.05, 4.69) is 41.5 Å². The van der Waals surface area contributed by atoms with Crippen LogP contribution in [0.1, 0.15) is 48.0 Å². The van der Waals surface area contributed by atoms with Crippen molar-refractivity contribution in [2.24, 2.45) is 22.5 Å². The van der Waals surface area contributed by atoms with E-state index in [9.17, 15) is 0 Å². The Morgan fingerprint density at radius 2 is 1.47 bits per heavy atom. The molecule has 0 aliphatic carbocycles. The zero-order chi connectivity index (χ0) is 12.1. The Morgan fingerprint density at radius 1 is 1.00 bits per heavy atom. The lowest BCUT2D eigenvalue weighted by Gasteiger charge is -2.29. The summed E-state index contributed by atoms with van der Waals surface area (Å²) in [6.07, 6.45) is 1.20. The normalized spacial score (nSPS) is 13.6. The molecule has 0 amide bonds. The van der Waals surface area contributed by atoms with Crippen molar-refractivity contribution in [1.82, 2.24) is 0 Å². The third-order valence-corrected chi connectivity index (χ3v) is 2.50. The molecule has 0 rings (SSSR count). The minimum absolute atomic E-state index is 0.105. The molecule has 92 valence electrons. The fraction of sp³-hybridized carbons (Fsp3) is 1.00. The minimum Gasteiger partial charge on any atom is -0.380 e. The first-order chi connectivity index (χ1) is 6.68. The lowest BCUT2D eigenvalue weighted by Crippen LogP contribution is -2.31. The van der Waals surface area contributed by atoms with Crippen molar-refractivity contribution in [2.45, 2.75) is 48.0 Å². The molecular formula is C13H29NO. The van der Waals surface area contributed by atoms with Gasteiger partial charge in [-0.15, -0.1) is 0 Å². The molecule has 0 aromatic rings. The average Bonchev–Trinajstić information content (AvgIpc) is 2.00. The summed E-state index contributed by atoms with van der Waals surface area (Å²) in [6.45, 7) is 15.6. The summed E-state index contributed by atoms with van der Waals surface area (Å²) in [5.41, 5.74) is 6.04. The first-order valence-corrected chi connectivity index (χ1v) is 5.96. The van der Waals surface area contributed by atoms with E-state index in [1.165, 1.54) is 6.42 Å². The Hall–Kier alpha value is -0.0800. The van der Waals surface area contributed by atoms with Gasteiger partial charge in [0.05, 0.1) is 13.2 Å². The Morgan fingerprint density at radius 3 is 1.87 bits per heavy atom. The maximum Gasteiger partial charge on any atom is 0.0529 e. The molecule has 0 saturated carbocycles. The van der Waals surface area contributed by atoms with Crippen molar-refractivity contribution in [3.63, 3.8) is 0 Å². The molecule has 0 aliphatic rings. The highest BCUT2D eigenvalue weighted by Gasteiger charge is 2.22. The maximum atomic E-state index is 5.78. The molecular weight excluding hydrogens is 186 g/mol. The lowest BCUT2D eigenvalue weighted by molar-refractivity contribution is 0.0111. The van der Waals surface area contributed by atoms with Crippen molar-refractivity contribution in [3.05, 3.63) is 0 Å². The average molecular weight is 215 g/mol. The van der Waals surface area contributed by atoms with Gasteiger partial charge in [0.25, 0.3) is 0 Å². The monoisotopic (exact) mass is 215 g/mol. The Kier molecular flexibility index (Phi) is 5.82. The van der Waals surface area contributed by atoms with Crippen molar-refractivity contribution in [1.29, 1.82) is 0 Å². The van der Waals surface area contributed by atoms with Gasteiger partial charge in [-0.2, -0.15) is 0 Å². The molecule has 0 saturated heterocycles. The number of ether oxygens (including phenoxy) is 1. The molecule has 0 radical (unpaired) electrons. The van der Waals surface area contributed by atoms with E-state index < -0.39 is 0 Å². The minimum atomic E-state index is 0.105. The van der Waals surface area contributed by atoms with Crippen LogP contribution >= 0.6 is 0 Å². The molecule has 2 N–H and O–H groups in total. The van der Waals surface area contributed by atoms with E-state index in [-0.39, 0.29) is 10.8 Å². The fourth-order valence-corrected chi connectivity index (χ4v) is 1.83. The van der Waals surface area contributed by atoms with Crippen LogP contribution in [0.3, 0.4) is 0 Å². The number of nitrogens with two attached hydrogens (primary N) is 1. The molecule has 2 nitrogen and oxygen atoms in total. The predicted octanol–water partition coefficient (Wildman–Crippen LogP) is 3.06. The van der Waals surface area contributed by atoms with Gasteiger partial charge in [-0.05, 0) is 24.3 Å². The standard InChI is InChI=1S/C13H29NO/c1-11(2)7-12(3,4)9-15-10-13(5,6)8-14/h11H,7-10,14H2,1-6H3. The second-order valence-electron chi connectivity index (χ2n) is 6.62. The topological polar surface area (TPSA) is 35.2 Å². The molecule has 0 bridgehead atoms. The summed E-state index contributed by atoms with van der Waals surface area (Å²) in [5, 5.41) is 0. The number of hydrogen-bond acceptors (Lipinski definition) is 2. The second kappa shape index (κ2) is 5.86. The Labute approximate surface area is 95.6 Å². The molecule has 2 heteroatoms. The Balaban J connectivity index is 3.84. The van der Waals surface area contributed by atoms with E-state index in [1.807, 2.05) is 0 Å². The van der Waals surface area contributed by atoms with Gasteiger partial charge in [0.2, 0.25) is 0 Å². The first-order valence-electron chi connectivity index (χ1n) is 5.96. The van der Waals surface area contributed by atoms with Crippen molar-refractivity contribution in [2.75, 3.05) is 19.8 Å². The Bertz CT molecular complexity index is 173. The van der Waals surface area contributed by atoms with Crippen LogP contribution in [0, 0.1) is 16.7 Å². The van der Waals surface area contributed by atoms with Gasteiger partial charge in [-0.25, -0.2) is 0 Å². The van der Waals surface area contributed by atoms with Crippen LogP contribution in [0.5, 0.6) is 0 Å². The van der Waals surface area contributed by atoms with E-state index >= 15 is 0 Å². The van der Waals surface area contributed by atoms with Crippen LogP contribution in [0.4, 0.5) is 0 Å². The van der Waals surface area contributed by atoms with Crippen molar-refractivity contribution in [3.8, 4) is 0 Å². The quantitative estimate of drug-likeness (QED) is 0.708. The van der Waals surface area contributed by atoms with Gasteiger partial charge >= 0.3 is 0 Å².